The molecule has 1 fully saturated rings. The van der Waals surface area contributed by atoms with Gasteiger partial charge in [-0.05, 0) is 81.5 Å². The third kappa shape index (κ3) is 6.73. The quantitative estimate of drug-likeness (QED) is 0.660. The van der Waals surface area contributed by atoms with E-state index in [1.807, 2.05) is 45.0 Å². The molecular formula is C28H38FN3O3. The van der Waals surface area contributed by atoms with E-state index in [0.717, 1.165) is 42.9 Å². The van der Waals surface area contributed by atoms with E-state index in [4.69, 9.17) is 9.47 Å². The van der Waals surface area contributed by atoms with Crippen LogP contribution in [0.4, 0.5) is 9.18 Å². The van der Waals surface area contributed by atoms with Gasteiger partial charge in [0.25, 0.3) is 0 Å². The number of hydrogen-bond donors (Lipinski definition) is 1. The molecule has 1 saturated heterocycles. The van der Waals surface area contributed by atoms with Crippen molar-refractivity contribution in [2.24, 2.45) is 0 Å². The first-order chi connectivity index (χ1) is 16.6. The smallest absolute Gasteiger partial charge is 0.410 e. The number of carbonyl (C=O) groups excluding carboxylic acids is 1. The Morgan fingerprint density at radius 3 is 2.69 bits per heavy atom. The van der Waals surface area contributed by atoms with Crippen molar-refractivity contribution in [3.63, 3.8) is 0 Å². The lowest BCUT2D eigenvalue weighted by Crippen LogP contribution is -2.50. The van der Waals surface area contributed by atoms with Crippen LogP contribution in [0.5, 0.6) is 5.75 Å². The second-order valence-corrected chi connectivity index (χ2v) is 10.8. The lowest BCUT2D eigenvalue weighted by atomic mass is 9.99. The van der Waals surface area contributed by atoms with Crippen molar-refractivity contribution in [1.29, 1.82) is 0 Å². The highest BCUT2D eigenvalue weighted by molar-refractivity contribution is 5.68. The molecule has 7 heteroatoms. The molecule has 1 N–H and O–H groups in total. The summed E-state index contributed by atoms with van der Waals surface area (Å²) < 4.78 is 26.5. The van der Waals surface area contributed by atoms with Gasteiger partial charge < -0.3 is 19.7 Å². The van der Waals surface area contributed by atoms with Crippen LogP contribution in [0, 0.1) is 12.7 Å². The SMILES string of the molecule is Cc1ccc(C(CN2CCN[C@H](C)C2)Oc2ccc3c(c2)CN(C(=O)OC(C)(C)C)CC3)cc1F. The van der Waals surface area contributed by atoms with Gasteiger partial charge in [-0.15, -0.1) is 0 Å². The number of fused-ring (bicyclic) bond motifs is 1. The summed E-state index contributed by atoms with van der Waals surface area (Å²) in [7, 11) is 0. The van der Waals surface area contributed by atoms with Crippen LogP contribution in [0.2, 0.25) is 0 Å². The number of halogens is 1. The van der Waals surface area contributed by atoms with Crippen LogP contribution < -0.4 is 10.1 Å². The zero-order chi connectivity index (χ0) is 25.2. The lowest BCUT2D eigenvalue weighted by molar-refractivity contribution is 0.0223. The van der Waals surface area contributed by atoms with Crippen molar-refractivity contribution in [3.05, 3.63) is 64.5 Å². The number of nitrogens with one attached hydrogen (secondary N) is 1. The zero-order valence-electron chi connectivity index (χ0n) is 21.6. The van der Waals surface area contributed by atoms with E-state index in [1.165, 1.54) is 5.56 Å². The van der Waals surface area contributed by atoms with Crippen LogP contribution in [0.15, 0.2) is 36.4 Å². The number of hydrogen-bond acceptors (Lipinski definition) is 5. The summed E-state index contributed by atoms with van der Waals surface area (Å²) in [6, 6.07) is 11.8. The number of amides is 1. The predicted octanol–water partition coefficient (Wildman–Crippen LogP) is 4.84. The minimum atomic E-state index is -0.527. The Kier molecular flexibility index (Phi) is 7.67. The van der Waals surface area contributed by atoms with Crippen molar-refractivity contribution in [3.8, 4) is 5.75 Å². The minimum Gasteiger partial charge on any atom is -0.484 e. The summed E-state index contributed by atoms with van der Waals surface area (Å²) in [5.41, 5.74) is 3.20. The van der Waals surface area contributed by atoms with Crippen LogP contribution in [-0.2, 0) is 17.7 Å². The number of carbonyl (C=O) groups is 1. The number of ether oxygens (including phenoxy) is 2. The second-order valence-electron chi connectivity index (χ2n) is 10.8. The van der Waals surface area contributed by atoms with E-state index in [9.17, 15) is 9.18 Å². The maximum atomic E-state index is 14.5. The first-order valence-corrected chi connectivity index (χ1v) is 12.6. The number of rotatable bonds is 5. The largest absolute Gasteiger partial charge is 0.484 e. The molecule has 1 unspecified atom stereocenters. The number of nitrogens with zero attached hydrogens (tertiary/aromatic N) is 2. The standard InChI is InChI=1S/C28H38FN3O3/c1-19-6-7-22(15-25(19)29)26(18-31-13-11-30-20(2)16-31)34-24-9-8-21-10-12-32(17-23(21)14-24)27(33)35-28(3,4)5/h6-9,14-15,20,26,30H,10-13,16-18H2,1-5H3/t20-,26?/m1/s1. The predicted molar refractivity (Wildman–Crippen MR) is 135 cm³/mol. The fourth-order valence-corrected chi connectivity index (χ4v) is 4.69. The summed E-state index contributed by atoms with van der Waals surface area (Å²) in [5, 5.41) is 3.47. The third-order valence-corrected chi connectivity index (χ3v) is 6.56. The summed E-state index contributed by atoms with van der Waals surface area (Å²) in [5.74, 6) is 0.507. The van der Waals surface area contributed by atoms with Crippen LogP contribution in [0.3, 0.4) is 0 Å². The molecule has 0 saturated carbocycles. The zero-order valence-corrected chi connectivity index (χ0v) is 21.6. The Hall–Kier alpha value is -2.64. The van der Waals surface area contributed by atoms with Gasteiger partial charge in [-0.3, -0.25) is 4.90 Å². The van der Waals surface area contributed by atoms with Gasteiger partial charge in [-0.25, -0.2) is 9.18 Å². The highest BCUT2D eigenvalue weighted by Gasteiger charge is 2.27. The highest BCUT2D eigenvalue weighted by atomic mass is 19.1. The normalized spacial score (nSPS) is 19.7. The molecule has 2 atom stereocenters. The Bertz CT molecular complexity index is 1050. The lowest BCUT2D eigenvalue weighted by Gasteiger charge is -2.35. The van der Waals surface area contributed by atoms with Crippen LogP contribution in [-0.4, -0.2) is 60.3 Å². The van der Waals surface area contributed by atoms with Crippen molar-refractivity contribution in [2.75, 3.05) is 32.7 Å². The monoisotopic (exact) mass is 483 g/mol. The molecule has 2 aromatic rings. The first kappa shape index (κ1) is 25.5. The first-order valence-electron chi connectivity index (χ1n) is 12.6. The average Bonchev–Trinajstić information content (AvgIpc) is 2.79. The molecular weight excluding hydrogens is 445 g/mol. The molecule has 1 amide bonds. The Morgan fingerprint density at radius 1 is 1.17 bits per heavy atom. The van der Waals surface area contributed by atoms with Gasteiger partial charge in [-0.2, -0.15) is 0 Å². The molecule has 190 valence electrons. The van der Waals surface area contributed by atoms with E-state index < -0.39 is 5.60 Å². The highest BCUT2D eigenvalue weighted by Crippen LogP contribution is 2.29. The summed E-state index contributed by atoms with van der Waals surface area (Å²) in [4.78, 5) is 16.7. The Labute approximate surface area is 208 Å². The van der Waals surface area contributed by atoms with Crippen LogP contribution >= 0.6 is 0 Å². The van der Waals surface area contributed by atoms with Gasteiger partial charge in [-0.1, -0.05) is 18.2 Å². The topological polar surface area (TPSA) is 54.0 Å². The fraction of sp³-hybridized carbons (Fsp3) is 0.536. The number of benzene rings is 2. The average molecular weight is 484 g/mol. The molecule has 2 aliphatic rings. The molecule has 2 heterocycles. The summed E-state index contributed by atoms with van der Waals surface area (Å²) in [6.45, 7) is 14.1. The molecule has 2 aromatic carbocycles. The minimum absolute atomic E-state index is 0.219. The molecule has 0 bridgehead atoms. The molecule has 0 spiro atoms. The van der Waals surface area contributed by atoms with E-state index in [2.05, 4.69) is 23.2 Å². The summed E-state index contributed by atoms with van der Waals surface area (Å²) >= 11 is 0. The molecule has 0 aliphatic carbocycles. The maximum absolute atomic E-state index is 14.5. The van der Waals surface area contributed by atoms with E-state index >= 15 is 0 Å². The van der Waals surface area contributed by atoms with Gasteiger partial charge >= 0.3 is 6.09 Å². The number of piperazine rings is 1. The van der Waals surface area contributed by atoms with E-state index in [1.54, 1.807) is 17.9 Å². The molecule has 0 radical (unpaired) electrons. The van der Waals surface area contributed by atoms with Gasteiger partial charge in [0.05, 0.1) is 0 Å². The van der Waals surface area contributed by atoms with Crippen molar-refractivity contribution >= 4 is 6.09 Å². The molecule has 0 aromatic heterocycles. The molecule has 6 nitrogen and oxygen atoms in total. The van der Waals surface area contributed by atoms with Crippen molar-refractivity contribution in [1.82, 2.24) is 15.1 Å². The maximum Gasteiger partial charge on any atom is 0.410 e. The van der Waals surface area contributed by atoms with Crippen molar-refractivity contribution in [2.45, 2.75) is 65.3 Å². The van der Waals surface area contributed by atoms with Crippen LogP contribution in [0.1, 0.15) is 56.1 Å². The van der Waals surface area contributed by atoms with E-state index in [0.29, 0.717) is 31.2 Å². The van der Waals surface area contributed by atoms with Gasteiger partial charge in [0.15, 0.2) is 0 Å². The Morgan fingerprint density at radius 2 is 1.97 bits per heavy atom. The third-order valence-electron chi connectivity index (χ3n) is 6.56. The van der Waals surface area contributed by atoms with E-state index in [-0.39, 0.29) is 18.0 Å². The molecule has 2 aliphatic heterocycles. The van der Waals surface area contributed by atoms with Crippen LogP contribution in [0.25, 0.3) is 0 Å². The molecule has 4 rings (SSSR count). The fourth-order valence-electron chi connectivity index (χ4n) is 4.69. The molecule has 35 heavy (non-hydrogen) atoms. The summed E-state index contributed by atoms with van der Waals surface area (Å²) in [6.07, 6.45) is 0.175. The van der Waals surface area contributed by atoms with Gasteiger partial charge in [0.2, 0.25) is 0 Å². The van der Waals surface area contributed by atoms with Gasteiger partial charge in [0.1, 0.15) is 23.3 Å². The van der Waals surface area contributed by atoms with Gasteiger partial charge in [0, 0.05) is 45.3 Å². The van der Waals surface area contributed by atoms with Crippen molar-refractivity contribution < 1.29 is 18.7 Å². The Balaban J connectivity index is 1.53. The number of aryl methyl sites for hydroxylation is 1. The second kappa shape index (κ2) is 10.5.